The highest BCUT2D eigenvalue weighted by molar-refractivity contribution is 7.26. The summed E-state index contributed by atoms with van der Waals surface area (Å²) in [5.41, 5.74) is 5.92. The molecule has 3 nitrogen and oxygen atoms in total. The molecule has 0 N–H and O–H groups in total. The molecular formula is C36H32BNO2S. The molecule has 41 heavy (non-hydrogen) atoms. The summed E-state index contributed by atoms with van der Waals surface area (Å²) in [4.78, 5) is 2.36. The van der Waals surface area contributed by atoms with Crippen molar-refractivity contribution in [2.45, 2.75) is 38.9 Å². The molecule has 0 radical (unpaired) electrons. The fourth-order valence-corrected chi connectivity index (χ4v) is 6.91. The molecule has 0 spiro atoms. The van der Waals surface area contributed by atoms with Gasteiger partial charge in [0.1, 0.15) is 0 Å². The number of para-hydroxylation sites is 2. The summed E-state index contributed by atoms with van der Waals surface area (Å²) < 4.78 is 15.5. The lowest BCUT2D eigenvalue weighted by atomic mass is 9.78. The number of rotatable bonds is 5. The minimum atomic E-state index is -0.427. The van der Waals surface area contributed by atoms with Gasteiger partial charge in [0.25, 0.3) is 0 Å². The van der Waals surface area contributed by atoms with E-state index in [-0.39, 0.29) is 0 Å². The molecule has 0 saturated carbocycles. The van der Waals surface area contributed by atoms with Gasteiger partial charge >= 0.3 is 7.12 Å². The second-order valence-electron chi connectivity index (χ2n) is 11.7. The van der Waals surface area contributed by atoms with Crippen molar-refractivity contribution in [3.63, 3.8) is 0 Å². The standard InChI is InChI=1S/C36H32BNO2S/c1-35(2)36(3,4)40-37(39-35)26-15-13-14-25(24-26)33-31(23-22-30-29-20-11-12-21-32(29)41-34(30)33)38(27-16-7-5-8-17-27)28-18-9-6-10-19-28/h5-24H,1-4H3. The van der Waals surface area contributed by atoms with Crippen LogP contribution in [0.2, 0.25) is 0 Å². The van der Waals surface area contributed by atoms with Crippen molar-refractivity contribution in [3.05, 3.63) is 121 Å². The first-order valence-corrected chi connectivity index (χ1v) is 14.9. The topological polar surface area (TPSA) is 21.7 Å². The number of benzene rings is 5. The number of nitrogens with zero attached hydrogens (tertiary/aromatic N) is 1. The van der Waals surface area contributed by atoms with Crippen molar-refractivity contribution in [1.82, 2.24) is 0 Å². The fraction of sp³-hybridized carbons (Fsp3) is 0.167. The van der Waals surface area contributed by atoms with Gasteiger partial charge < -0.3 is 14.2 Å². The number of anilines is 3. The zero-order valence-electron chi connectivity index (χ0n) is 23.8. The molecule has 0 amide bonds. The summed E-state index contributed by atoms with van der Waals surface area (Å²) in [5, 5.41) is 2.56. The van der Waals surface area contributed by atoms with E-state index in [1.54, 1.807) is 0 Å². The number of thiophene rings is 1. The third kappa shape index (κ3) is 4.45. The van der Waals surface area contributed by atoms with Crippen LogP contribution in [0.3, 0.4) is 0 Å². The van der Waals surface area contributed by atoms with Crippen molar-refractivity contribution in [1.29, 1.82) is 0 Å². The van der Waals surface area contributed by atoms with Gasteiger partial charge in [-0.25, -0.2) is 0 Å². The van der Waals surface area contributed by atoms with Gasteiger partial charge in [-0.2, -0.15) is 0 Å². The van der Waals surface area contributed by atoms with Crippen LogP contribution in [-0.4, -0.2) is 18.3 Å². The Bertz CT molecular complexity index is 1810. The minimum absolute atomic E-state index is 0.401. The first-order valence-electron chi connectivity index (χ1n) is 14.1. The number of hydrogen-bond donors (Lipinski definition) is 0. The van der Waals surface area contributed by atoms with Crippen LogP contribution in [-0.2, 0) is 9.31 Å². The molecule has 0 bridgehead atoms. The second kappa shape index (κ2) is 9.88. The summed E-state index contributed by atoms with van der Waals surface area (Å²) in [6.07, 6.45) is 0. The first-order chi connectivity index (χ1) is 19.8. The largest absolute Gasteiger partial charge is 0.494 e. The smallest absolute Gasteiger partial charge is 0.399 e. The lowest BCUT2D eigenvalue weighted by Crippen LogP contribution is -2.41. The zero-order chi connectivity index (χ0) is 28.2. The molecule has 1 fully saturated rings. The quantitative estimate of drug-likeness (QED) is 0.199. The van der Waals surface area contributed by atoms with Gasteiger partial charge in [0.05, 0.1) is 16.9 Å². The van der Waals surface area contributed by atoms with E-state index in [0.29, 0.717) is 0 Å². The van der Waals surface area contributed by atoms with Crippen LogP contribution in [0.1, 0.15) is 27.7 Å². The molecule has 1 aliphatic rings. The predicted octanol–water partition coefficient (Wildman–Crippen LogP) is 9.49. The van der Waals surface area contributed by atoms with E-state index >= 15 is 0 Å². The molecule has 7 rings (SSSR count). The van der Waals surface area contributed by atoms with E-state index in [0.717, 1.165) is 28.1 Å². The maximum atomic E-state index is 6.46. The van der Waals surface area contributed by atoms with Crippen molar-refractivity contribution in [2.75, 3.05) is 4.90 Å². The van der Waals surface area contributed by atoms with E-state index in [1.165, 1.54) is 25.7 Å². The Labute approximate surface area is 246 Å². The van der Waals surface area contributed by atoms with Gasteiger partial charge in [0.2, 0.25) is 0 Å². The average molecular weight is 554 g/mol. The zero-order valence-corrected chi connectivity index (χ0v) is 24.6. The normalized spacial score (nSPS) is 16.0. The van der Waals surface area contributed by atoms with Crippen LogP contribution in [0.15, 0.2) is 121 Å². The molecule has 5 heteroatoms. The Morgan fingerprint density at radius 3 is 1.88 bits per heavy atom. The highest BCUT2D eigenvalue weighted by Crippen LogP contribution is 2.48. The van der Waals surface area contributed by atoms with Gasteiger partial charge in [0, 0.05) is 37.1 Å². The summed E-state index contributed by atoms with van der Waals surface area (Å²) in [6.45, 7) is 8.41. The van der Waals surface area contributed by atoms with Crippen molar-refractivity contribution >= 4 is 61.2 Å². The van der Waals surface area contributed by atoms with Crippen molar-refractivity contribution in [3.8, 4) is 11.1 Å². The molecule has 1 aliphatic heterocycles. The summed E-state index contributed by atoms with van der Waals surface area (Å²) >= 11 is 1.85. The summed E-state index contributed by atoms with van der Waals surface area (Å²) in [7, 11) is -0.427. The molecule has 1 saturated heterocycles. The van der Waals surface area contributed by atoms with Crippen LogP contribution in [0.25, 0.3) is 31.3 Å². The number of hydrogen-bond acceptors (Lipinski definition) is 4. The third-order valence-corrected chi connectivity index (χ3v) is 9.70. The Kier molecular flexibility index (Phi) is 6.27. The van der Waals surface area contributed by atoms with E-state index < -0.39 is 18.3 Å². The summed E-state index contributed by atoms with van der Waals surface area (Å²) in [6, 6.07) is 43.2. The molecule has 202 valence electrons. The molecule has 1 aromatic heterocycles. The predicted molar refractivity (Wildman–Crippen MR) is 175 cm³/mol. The minimum Gasteiger partial charge on any atom is -0.399 e. The monoisotopic (exact) mass is 553 g/mol. The van der Waals surface area contributed by atoms with E-state index in [1.807, 2.05) is 11.3 Å². The molecule has 5 aromatic carbocycles. The third-order valence-electron chi connectivity index (χ3n) is 8.50. The Balaban J connectivity index is 1.49. The number of fused-ring (bicyclic) bond motifs is 3. The molecule has 2 heterocycles. The molecule has 0 aliphatic carbocycles. The van der Waals surface area contributed by atoms with E-state index in [2.05, 4.69) is 154 Å². The van der Waals surface area contributed by atoms with Crippen molar-refractivity contribution in [2.24, 2.45) is 0 Å². The SMILES string of the molecule is CC1(C)OB(c2cccc(-c3c(N(c4ccccc4)c4ccccc4)ccc4c3sc3ccccc34)c2)OC1(C)C. The van der Waals surface area contributed by atoms with Gasteiger partial charge in [-0.3, -0.25) is 0 Å². The molecular weight excluding hydrogens is 521 g/mol. The van der Waals surface area contributed by atoms with Gasteiger partial charge in [-0.05, 0) is 75.1 Å². The van der Waals surface area contributed by atoms with Gasteiger partial charge in [-0.1, -0.05) is 84.9 Å². The lowest BCUT2D eigenvalue weighted by Gasteiger charge is -2.32. The molecule has 6 aromatic rings. The van der Waals surface area contributed by atoms with Crippen LogP contribution >= 0.6 is 11.3 Å². The first kappa shape index (κ1) is 26.0. The average Bonchev–Trinajstić information content (AvgIpc) is 3.47. The molecule has 0 unspecified atom stereocenters. The Morgan fingerprint density at radius 1 is 0.610 bits per heavy atom. The highest BCUT2D eigenvalue weighted by Gasteiger charge is 2.51. The second-order valence-corrected chi connectivity index (χ2v) is 12.7. The maximum Gasteiger partial charge on any atom is 0.494 e. The van der Waals surface area contributed by atoms with Crippen molar-refractivity contribution < 1.29 is 9.31 Å². The van der Waals surface area contributed by atoms with E-state index in [9.17, 15) is 0 Å². The van der Waals surface area contributed by atoms with Crippen LogP contribution < -0.4 is 10.4 Å². The van der Waals surface area contributed by atoms with Crippen LogP contribution in [0.5, 0.6) is 0 Å². The van der Waals surface area contributed by atoms with Gasteiger partial charge in [-0.15, -0.1) is 11.3 Å². The lowest BCUT2D eigenvalue weighted by molar-refractivity contribution is 0.00578. The maximum absolute atomic E-state index is 6.46. The fourth-order valence-electron chi connectivity index (χ4n) is 5.65. The van der Waals surface area contributed by atoms with E-state index in [4.69, 9.17) is 9.31 Å². The van der Waals surface area contributed by atoms with Gasteiger partial charge in [0.15, 0.2) is 0 Å². The highest BCUT2D eigenvalue weighted by atomic mass is 32.1. The summed E-state index contributed by atoms with van der Waals surface area (Å²) in [5.74, 6) is 0. The van der Waals surface area contributed by atoms with Crippen LogP contribution in [0, 0.1) is 0 Å². The Morgan fingerprint density at radius 2 is 1.22 bits per heavy atom. The molecule has 0 atom stereocenters. The van der Waals surface area contributed by atoms with Crippen LogP contribution in [0.4, 0.5) is 17.1 Å². The Hall–Kier alpha value is -3.90.